The predicted molar refractivity (Wildman–Crippen MR) is 201 cm³/mol. The third-order valence-electron chi connectivity index (χ3n) is 10.4. The normalized spacial score (nSPS) is 18.1. The second-order valence-corrected chi connectivity index (χ2v) is 15.3. The highest BCUT2D eigenvalue weighted by Crippen LogP contribution is 2.45. The summed E-state index contributed by atoms with van der Waals surface area (Å²) >= 11 is 0.959. The summed E-state index contributed by atoms with van der Waals surface area (Å²) in [5, 5.41) is 10.0. The Morgan fingerprint density at radius 1 is 0.925 bits per heavy atom. The van der Waals surface area contributed by atoms with E-state index in [4.69, 9.17) is 0 Å². The zero-order valence-corrected chi connectivity index (χ0v) is 31.6. The first-order valence-electron chi connectivity index (χ1n) is 18.5. The van der Waals surface area contributed by atoms with Gasteiger partial charge < -0.3 is 15.5 Å². The minimum atomic E-state index is -2.77. The zero-order valence-electron chi connectivity index (χ0n) is 30.8. The number of aryl methyl sites for hydroxylation is 1. The van der Waals surface area contributed by atoms with Crippen molar-refractivity contribution in [1.82, 2.24) is 34.9 Å². The zero-order chi connectivity index (χ0) is 38.0. The van der Waals surface area contributed by atoms with Gasteiger partial charge in [-0.1, -0.05) is 61.5 Å². The van der Waals surface area contributed by atoms with Crippen molar-refractivity contribution in [2.24, 2.45) is 5.92 Å². The molecule has 2 fully saturated rings. The molecule has 11 nitrogen and oxygen atoms in total. The minimum absolute atomic E-state index is 0.106. The van der Waals surface area contributed by atoms with Crippen LogP contribution < -0.4 is 15.4 Å². The smallest absolute Gasteiger partial charge is 0.279 e. The first kappa shape index (κ1) is 39.9. The second kappa shape index (κ2) is 18.2. The molecule has 14 heteroatoms. The van der Waals surface area contributed by atoms with Gasteiger partial charge in [-0.3, -0.25) is 33.5 Å². The number of amides is 4. The number of rotatable bonds is 15. The number of carbonyl (C=O) groups excluding carboxylic acids is 4. The molecule has 1 saturated carbocycles. The number of benzene rings is 2. The van der Waals surface area contributed by atoms with Crippen LogP contribution in [0.15, 0.2) is 66.9 Å². The maximum atomic E-state index is 14.1. The van der Waals surface area contributed by atoms with Crippen LogP contribution in [-0.4, -0.2) is 86.1 Å². The van der Waals surface area contributed by atoms with Gasteiger partial charge in [-0.05, 0) is 67.3 Å². The van der Waals surface area contributed by atoms with Gasteiger partial charge in [-0.25, -0.2) is 8.78 Å². The van der Waals surface area contributed by atoms with E-state index in [1.165, 1.54) is 11.8 Å². The number of piperazine rings is 1. The SMILES string of the molecule is CCC(=O)N[C@H](Cc1ccc(CNC(=O)[C@](C)(SNC(=O)c2ccnn2CC)C2CCC(F)(F)CC2)cc1)C(=O)N1CCN(Cc2ccccc2)CC1. The third-order valence-corrected chi connectivity index (χ3v) is 11.6. The molecule has 0 bridgehead atoms. The molecule has 0 spiro atoms. The number of nitrogens with one attached hydrogen (secondary N) is 3. The van der Waals surface area contributed by atoms with Crippen LogP contribution in [0, 0.1) is 5.92 Å². The minimum Gasteiger partial charge on any atom is -0.351 e. The van der Waals surface area contributed by atoms with Gasteiger partial charge in [0, 0.05) is 77.7 Å². The molecular weight excluding hydrogens is 701 g/mol. The van der Waals surface area contributed by atoms with Crippen LogP contribution in [0.3, 0.4) is 0 Å². The molecule has 1 saturated heterocycles. The summed E-state index contributed by atoms with van der Waals surface area (Å²) in [5.41, 5.74) is 3.23. The lowest BCUT2D eigenvalue weighted by atomic mass is 9.78. The maximum Gasteiger partial charge on any atom is 0.279 e. The van der Waals surface area contributed by atoms with E-state index in [0.717, 1.165) is 42.7 Å². The Morgan fingerprint density at radius 2 is 1.58 bits per heavy atom. The number of nitrogens with zero attached hydrogens (tertiary/aromatic N) is 4. The molecule has 3 N–H and O–H groups in total. The van der Waals surface area contributed by atoms with E-state index < -0.39 is 22.6 Å². The molecule has 0 radical (unpaired) electrons. The largest absolute Gasteiger partial charge is 0.351 e. The standard InChI is InChI=1S/C39H51F2N7O4S/c1-4-34(49)44-32(36(51)47-23-21-46(22-24-47)27-30-9-7-6-8-10-30)25-28-11-13-29(14-12-28)26-42-37(52)38(3,31-15-18-39(40,41)19-16-31)53-45-35(50)33-17-20-43-48(33)5-2/h6-14,17,20,31-32H,4-5,15-16,18-19,21-27H2,1-3H3,(H,42,52)(H,44,49)(H,45,50)/t32-,38-/m1/s1. The summed E-state index contributed by atoms with van der Waals surface area (Å²) in [5.74, 6) is -4.22. The van der Waals surface area contributed by atoms with Crippen molar-refractivity contribution >= 4 is 35.6 Å². The van der Waals surface area contributed by atoms with Crippen molar-refractivity contribution < 1.29 is 28.0 Å². The molecule has 5 rings (SSSR count). The number of aromatic nitrogens is 2. The molecule has 286 valence electrons. The van der Waals surface area contributed by atoms with Crippen molar-refractivity contribution in [1.29, 1.82) is 0 Å². The number of halogens is 2. The second-order valence-electron chi connectivity index (χ2n) is 14.1. The Morgan fingerprint density at radius 3 is 2.23 bits per heavy atom. The maximum absolute atomic E-state index is 14.1. The van der Waals surface area contributed by atoms with Crippen molar-refractivity contribution in [2.45, 2.75) is 95.6 Å². The van der Waals surface area contributed by atoms with E-state index in [0.29, 0.717) is 31.7 Å². The summed E-state index contributed by atoms with van der Waals surface area (Å²) in [6.07, 6.45) is 1.79. The Bertz CT molecular complexity index is 1690. The Labute approximate surface area is 314 Å². The molecule has 4 amide bonds. The number of hydrogen-bond donors (Lipinski definition) is 3. The van der Waals surface area contributed by atoms with Crippen LogP contribution in [0.1, 0.15) is 80.1 Å². The van der Waals surface area contributed by atoms with Gasteiger partial charge in [0.25, 0.3) is 5.91 Å². The van der Waals surface area contributed by atoms with E-state index in [-0.39, 0.29) is 62.3 Å². The molecule has 2 aliphatic rings. The van der Waals surface area contributed by atoms with Crippen molar-refractivity contribution in [2.75, 3.05) is 26.2 Å². The highest BCUT2D eigenvalue weighted by atomic mass is 32.2. The monoisotopic (exact) mass is 751 g/mol. The van der Waals surface area contributed by atoms with Gasteiger partial charge in [-0.2, -0.15) is 5.10 Å². The lowest BCUT2D eigenvalue weighted by Gasteiger charge is -2.39. The fraction of sp³-hybridized carbons (Fsp3) is 0.513. The van der Waals surface area contributed by atoms with Crippen LogP contribution in [-0.2, 0) is 40.4 Å². The number of alkyl halides is 2. The fourth-order valence-corrected chi connectivity index (χ4v) is 7.94. The first-order chi connectivity index (χ1) is 25.4. The van der Waals surface area contributed by atoms with Gasteiger partial charge in [0.05, 0.1) is 0 Å². The Balaban J connectivity index is 1.19. The summed E-state index contributed by atoms with van der Waals surface area (Å²) in [6.45, 7) is 9.47. The van der Waals surface area contributed by atoms with Gasteiger partial charge >= 0.3 is 0 Å². The van der Waals surface area contributed by atoms with E-state index in [1.807, 2.05) is 54.3 Å². The Kier molecular flexibility index (Phi) is 13.7. The molecule has 2 heterocycles. The van der Waals surface area contributed by atoms with Gasteiger partial charge in [-0.15, -0.1) is 0 Å². The molecule has 2 aromatic carbocycles. The lowest BCUT2D eigenvalue weighted by Crippen LogP contribution is -2.55. The summed E-state index contributed by atoms with van der Waals surface area (Å²) in [4.78, 5) is 57.1. The van der Waals surface area contributed by atoms with Gasteiger partial charge in [0.15, 0.2) is 0 Å². The van der Waals surface area contributed by atoms with Crippen molar-refractivity contribution in [3.05, 3.63) is 89.2 Å². The van der Waals surface area contributed by atoms with Crippen LogP contribution in [0.25, 0.3) is 0 Å². The molecule has 3 aromatic rings. The average molecular weight is 752 g/mol. The average Bonchev–Trinajstić information content (AvgIpc) is 3.66. The van der Waals surface area contributed by atoms with Crippen molar-refractivity contribution in [3.63, 3.8) is 0 Å². The predicted octanol–water partition coefficient (Wildman–Crippen LogP) is 4.96. The highest BCUT2D eigenvalue weighted by Gasteiger charge is 2.47. The summed E-state index contributed by atoms with van der Waals surface area (Å²) in [7, 11) is 0. The number of hydrogen-bond acceptors (Lipinski definition) is 7. The summed E-state index contributed by atoms with van der Waals surface area (Å²) < 4.78 is 31.3. The summed E-state index contributed by atoms with van der Waals surface area (Å²) in [6, 6.07) is 18.6. The van der Waals surface area contributed by atoms with E-state index in [1.54, 1.807) is 24.6 Å². The van der Waals surface area contributed by atoms with Crippen molar-refractivity contribution in [3.8, 4) is 0 Å². The molecule has 2 atom stereocenters. The van der Waals surface area contributed by atoms with Crippen LogP contribution in [0.5, 0.6) is 0 Å². The van der Waals surface area contributed by atoms with Gasteiger partial charge in [0.1, 0.15) is 16.5 Å². The topological polar surface area (TPSA) is 129 Å². The first-order valence-corrected chi connectivity index (χ1v) is 19.3. The number of carbonyl (C=O) groups is 4. The molecule has 0 unspecified atom stereocenters. The quantitative estimate of drug-likeness (QED) is 0.187. The highest BCUT2D eigenvalue weighted by molar-refractivity contribution is 8.00. The Hall–Kier alpha value is -4.30. The fourth-order valence-electron chi connectivity index (χ4n) is 6.96. The molecular formula is C39H51F2N7O4S. The van der Waals surface area contributed by atoms with Gasteiger partial charge in [0.2, 0.25) is 23.6 Å². The lowest BCUT2D eigenvalue weighted by molar-refractivity contribution is -0.138. The van der Waals surface area contributed by atoms with E-state index in [9.17, 15) is 28.0 Å². The van der Waals surface area contributed by atoms with Crippen LogP contribution >= 0.6 is 11.9 Å². The molecule has 1 aliphatic heterocycles. The van der Waals surface area contributed by atoms with E-state index in [2.05, 4.69) is 37.5 Å². The molecule has 1 aliphatic carbocycles. The van der Waals surface area contributed by atoms with Crippen LogP contribution in [0.4, 0.5) is 8.78 Å². The molecule has 53 heavy (non-hydrogen) atoms. The third kappa shape index (κ3) is 10.7. The molecule has 1 aromatic heterocycles. The van der Waals surface area contributed by atoms with Crippen LogP contribution in [0.2, 0.25) is 0 Å². The van der Waals surface area contributed by atoms with E-state index >= 15 is 0 Å².